The van der Waals surface area contributed by atoms with E-state index >= 15 is 0 Å². The van der Waals surface area contributed by atoms with Crippen LogP contribution in [0.2, 0.25) is 0 Å². The van der Waals surface area contributed by atoms with Crippen LogP contribution in [0.15, 0.2) is 36.5 Å². The van der Waals surface area contributed by atoms with Crippen molar-refractivity contribution in [2.24, 2.45) is 0 Å². The Morgan fingerprint density at radius 2 is 1.74 bits per heavy atom. The molecule has 3 aliphatic heterocycles. The van der Waals surface area contributed by atoms with Gasteiger partial charge in [0.1, 0.15) is 11.6 Å². The van der Waals surface area contributed by atoms with Crippen molar-refractivity contribution < 1.29 is 37.1 Å². The van der Waals surface area contributed by atoms with Crippen molar-refractivity contribution in [2.75, 3.05) is 43.0 Å². The first-order chi connectivity index (χ1) is 27.0. The second kappa shape index (κ2) is 17.2. The highest BCUT2D eigenvalue weighted by Crippen LogP contribution is 2.40. The fourth-order valence-corrected chi connectivity index (χ4v) is 9.24. The van der Waals surface area contributed by atoms with E-state index in [4.69, 9.17) is 22.2 Å². The van der Waals surface area contributed by atoms with Crippen molar-refractivity contribution in [1.82, 2.24) is 25.0 Å². The molecular weight excluding hydrogens is 762 g/mol. The molecule has 1 aromatic heterocycles. The molecule has 2 aromatic rings. The van der Waals surface area contributed by atoms with Gasteiger partial charge < -0.3 is 19.9 Å². The van der Waals surface area contributed by atoms with Gasteiger partial charge in [0.25, 0.3) is 5.91 Å². The number of aromatic nitrogens is 1. The van der Waals surface area contributed by atoms with Crippen LogP contribution >= 0.6 is 12.2 Å². The van der Waals surface area contributed by atoms with Crippen LogP contribution in [0, 0.1) is 11.3 Å². The number of amides is 4. The number of pyridine rings is 1. The molecule has 3 atom stereocenters. The number of rotatable bonds is 11. The third-order valence-electron chi connectivity index (χ3n) is 11.6. The summed E-state index contributed by atoms with van der Waals surface area (Å²) in [6, 6.07) is 9.66. The summed E-state index contributed by atoms with van der Waals surface area (Å²) in [6.07, 6.45) is 0.845. The first kappa shape index (κ1) is 42.1. The highest BCUT2D eigenvalue weighted by atomic mass is 32.1. The number of hydrogen-bond acceptors (Lipinski definition) is 10. The van der Waals surface area contributed by atoms with Crippen LogP contribution in [0.4, 0.5) is 24.5 Å². The quantitative estimate of drug-likeness (QED) is 0.180. The van der Waals surface area contributed by atoms with Crippen LogP contribution in [-0.2, 0) is 30.1 Å². The molecule has 1 unspecified atom stereocenters. The molecule has 2 N–H and O–H groups in total. The number of nitrogens with zero attached hydrogens (tertiary/aromatic N) is 6. The zero-order valence-corrected chi connectivity index (χ0v) is 33.4. The lowest BCUT2D eigenvalue weighted by atomic mass is 9.89. The summed E-state index contributed by atoms with van der Waals surface area (Å²) >= 11 is 5.71. The van der Waals surface area contributed by atoms with Crippen LogP contribution in [0.25, 0.3) is 0 Å². The minimum Gasteiger partial charge on any atom is -0.378 e. The zero-order chi connectivity index (χ0) is 41.2. The van der Waals surface area contributed by atoms with Gasteiger partial charge in [-0.05, 0) is 102 Å². The van der Waals surface area contributed by atoms with Gasteiger partial charge in [-0.3, -0.25) is 34.3 Å². The number of hydrogen-bond donors (Lipinski definition) is 2. The molecule has 3 saturated heterocycles. The van der Waals surface area contributed by atoms with Crippen LogP contribution in [-0.4, -0.2) is 111 Å². The number of thiocarbonyl (C=S) groups is 1. The van der Waals surface area contributed by atoms with Gasteiger partial charge >= 0.3 is 6.18 Å². The topological polar surface area (TPSA) is 151 Å². The minimum atomic E-state index is -4.82. The van der Waals surface area contributed by atoms with Gasteiger partial charge in [0.05, 0.1) is 36.0 Å². The molecule has 4 fully saturated rings. The van der Waals surface area contributed by atoms with E-state index in [-0.39, 0.29) is 65.2 Å². The molecule has 6 rings (SSSR count). The summed E-state index contributed by atoms with van der Waals surface area (Å²) < 4.78 is 47.3. The number of anilines is 2. The lowest BCUT2D eigenvalue weighted by Gasteiger charge is -2.44. The summed E-state index contributed by atoms with van der Waals surface area (Å²) in [5.74, 6) is -1.48. The monoisotopic (exact) mass is 810 g/mol. The lowest BCUT2D eigenvalue weighted by molar-refractivity contribution is -0.138. The minimum absolute atomic E-state index is 0.0475. The van der Waals surface area contributed by atoms with Crippen molar-refractivity contribution in [3.63, 3.8) is 0 Å². The van der Waals surface area contributed by atoms with Crippen LogP contribution < -0.4 is 15.5 Å². The first-order valence-corrected chi connectivity index (χ1v) is 19.9. The molecule has 1 aliphatic carbocycles. The maximum absolute atomic E-state index is 13.7. The average Bonchev–Trinajstić information content (AvgIpc) is 3.33. The normalized spacial score (nSPS) is 26.0. The molecule has 306 valence electrons. The van der Waals surface area contributed by atoms with Gasteiger partial charge in [-0.1, -0.05) is 12.1 Å². The molecule has 4 heterocycles. The molecule has 13 nitrogen and oxygen atoms in total. The third-order valence-corrected chi connectivity index (χ3v) is 12.0. The smallest absolute Gasteiger partial charge is 0.378 e. The fraction of sp³-hybridized carbons (Fsp3) is 0.575. The summed E-state index contributed by atoms with van der Waals surface area (Å²) in [6.45, 7) is 11.0. The van der Waals surface area contributed by atoms with E-state index < -0.39 is 28.9 Å². The molecule has 4 amide bonds. The summed E-state index contributed by atoms with van der Waals surface area (Å²) in [7, 11) is 0. The number of nitriles is 1. The number of piperidine rings is 1. The molecule has 1 aromatic carbocycles. The maximum atomic E-state index is 13.7. The summed E-state index contributed by atoms with van der Waals surface area (Å²) in [5, 5.41) is 14.6. The van der Waals surface area contributed by atoms with E-state index in [1.54, 1.807) is 26.0 Å². The van der Waals surface area contributed by atoms with E-state index in [0.29, 0.717) is 38.0 Å². The Kier molecular flexibility index (Phi) is 12.7. The molecule has 0 spiro atoms. The van der Waals surface area contributed by atoms with Crippen LogP contribution in [0.5, 0.6) is 0 Å². The third kappa shape index (κ3) is 9.30. The Bertz CT molecular complexity index is 1900. The van der Waals surface area contributed by atoms with Crippen LogP contribution in [0.1, 0.15) is 95.4 Å². The average molecular weight is 811 g/mol. The number of piperazine rings is 1. The van der Waals surface area contributed by atoms with Crippen molar-refractivity contribution >= 4 is 52.3 Å². The maximum Gasteiger partial charge on any atom is 0.419 e. The van der Waals surface area contributed by atoms with Gasteiger partial charge in [0.15, 0.2) is 10.8 Å². The number of benzene rings is 1. The highest BCUT2D eigenvalue weighted by molar-refractivity contribution is 7.80. The Labute approximate surface area is 335 Å². The molecule has 57 heavy (non-hydrogen) atoms. The molecule has 0 bridgehead atoms. The number of imide groups is 1. The summed E-state index contributed by atoms with van der Waals surface area (Å²) in [5.41, 5.74) is -1.72. The number of nitrogens with one attached hydrogen (secondary N) is 2. The first-order valence-electron chi connectivity index (χ1n) is 19.5. The Morgan fingerprint density at radius 3 is 2.35 bits per heavy atom. The van der Waals surface area contributed by atoms with Gasteiger partial charge in [0, 0.05) is 56.5 Å². The largest absolute Gasteiger partial charge is 0.419 e. The molecule has 4 aliphatic rings. The highest BCUT2D eigenvalue weighted by Gasteiger charge is 2.53. The van der Waals surface area contributed by atoms with Crippen molar-refractivity contribution in [1.29, 1.82) is 5.26 Å². The SMILES string of the molecule is C[C@@H]1CN(CCCOC2CCC(N3C(=S)N(c4cnc(C#N)c(C(F)(F)F)c4)C(=O)C3(C)C)CC2)C[C@H](C)N1CC(=O)Nc1ccc(C2CCC(=O)NC2=O)cc1. The van der Waals surface area contributed by atoms with E-state index in [1.165, 1.54) is 6.07 Å². The Hall–Kier alpha value is -4.50. The van der Waals surface area contributed by atoms with E-state index in [9.17, 15) is 32.3 Å². The molecule has 0 radical (unpaired) electrons. The van der Waals surface area contributed by atoms with Gasteiger partial charge in [0.2, 0.25) is 17.7 Å². The molecule has 1 saturated carbocycles. The zero-order valence-electron chi connectivity index (χ0n) is 32.6. The second-order valence-corrected chi connectivity index (χ2v) is 16.4. The Balaban J connectivity index is 0.918. The fourth-order valence-electron chi connectivity index (χ4n) is 8.68. The Morgan fingerprint density at radius 1 is 1.07 bits per heavy atom. The summed E-state index contributed by atoms with van der Waals surface area (Å²) in [4.78, 5) is 61.5. The second-order valence-electron chi connectivity index (χ2n) is 16.0. The van der Waals surface area contributed by atoms with Crippen molar-refractivity contribution in [2.45, 2.75) is 115 Å². The van der Waals surface area contributed by atoms with Gasteiger partial charge in [-0.25, -0.2) is 4.98 Å². The van der Waals surface area contributed by atoms with E-state index in [2.05, 4.69) is 39.3 Å². The van der Waals surface area contributed by atoms with Gasteiger partial charge in [-0.2, -0.15) is 18.4 Å². The van der Waals surface area contributed by atoms with Gasteiger partial charge in [-0.15, -0.1) is 0 Å². The lowest BCUT2D eigenvalue weighted by Crippen LogP contribution is -2.58. The number of carbonyl (C=O) groups excluding carboxylic acids is 4. The predicted molar refractivity (Wildman–Crippen MR) is 209 cm³/mol. The van der Waals surface area contributed by atoms with Crippen molar-refractivity contribution in [3.05, 3.63) is 53.3 Å². The standard InChI is InChI=1S/C40H49F3N8O5S/c1-24-21-48(22-25(2)49(24)23-35(53)46-27-8-6-26(7-9-27)31-14-15-34(52)47-36(31)54)16-5-17-56-30-12-10-28(11-13-30)51-38(57)50(37(55)39(51,3)4)29-18-32(40(41,42)43)33(19-44)45-20-29/h6-9,18,20,24-25,28,30-31H,5,10-17,21-23H2,1-4H3,(H,46,53)(H,47,52,54)/t24-,25+,28?,30?,31?. The number of ether oxygens (including phenoxy) is 1. The predicted octanol–water partition coefficient (Wildman–Crippen LogP) is 4.96. The number of carbonyl (C=O) groups is 4. The molecular formula is C40H49F3N8O5S. The molecule has 17 heteroatoms. The van der Waals surface area contributed by atoms with E-state index in [0.717, 1.165) is 61.6 Å². The van der Waals surface area contributed by atoms with E-state index in [1.807, 2.05) is 17.0 Å². The van der Waals surface area contributed by atoms with Crippen LogP contribution in [0.3, 0.4) is 0 Å². The van der Waals surface area contributed by atoms with Crippen molar-refractivity contribution in [3.8, 4) is 6.07 Å². The number of alkyl halides is 3. The number of halogens is 3.